The predicted octanol–water partition coefficient (Wildman–Crippen LogP) is 3.17. The molecule has 3 rings (SSSR count). The molecule has 2 amide bonds. The monoisotopic (exact) mass is 466 g/mol. The Labute approximate surface area is 159 Å². The number of hydrogen-bond donors (Lipinski definition) is 3. The van der Waals surface area contributed by atoms with E-state index in [-0.39, 0.29) is 17.5 Å². The lowest BCUT2D eigenvalue weighted by Crippen LogP contribution is -2.15. The Kier molecular flexibility index (Phi) is 5.00. The van der Waals surface area contributed by atoms with Gasteiger partial charge in [0, 0.05) is 24.6 Å². The van der Waals surface area contributed by atoms with Gasteiger partial charge in [0.2, 0.25) is 0 Å². The molecule has 0 aliphatic heterocycles. The van der Waals surface area contributed by atoms with E-state index in [9.17, 15) is 9.59 Å². The Morgan fingerprint density at radius 3 is 2.36 bits per heavy atom. The molecule has 10 heteroatoms. The van der Waals surface area contributed by atoms with Crippen LogP contribution >= 0.6 is 31.9 Å². The summed E-state index contributed by atoms with van der Waals surface area (Å²) >= 11 is 6.50. The molecule has 0 saturated carbocycles. The number of aromatic nitrogens is 4. The first kappa shape index (κ1) is 17.4. The maximum absolute atomic E-state index is 12.3. The van der Waals surface area contributed by atoms with Gasteiger partial charge in [0.05, 0.1) is 4.47 Å². The second-order valence-corrected chi connectivity index (χ2v) is 6.65. The zero-order chi connectivity index (χ0) is 18.0. The molecule has 3 aromatic rings. The highest BCUT2D eigenvalue weighted by molar-refractivity contribution is 9.13. The number of carbonyl (C=O) groups excluding carboxylic acids is 2. The fraction of sp³-hybridized carbons (Fsp3) is 0.0667. The standard InChI is InChI=1S/C15H12Br2N6O2/c1-23-6-5-10(22-23)14(24)18-8-3-2-4-9(7-8)19-15(25)12-11(16)13(17)21-20-12/h2-7H,1H3,(H,18,24)(H,19,25)(H,20,21). The van der Waals surface area contributed by atoms with E-state index >= 15 is 0 Å². The first-order valence-corrected chi connectivity index (χ1v) is 8.64. The first-order valence-electron chi connectivity index (χ1n) is 7.06. The van der Waals surface area contributed by atoms with Crippen LogP contribution in [0.4, 0.5) is 11.4 Å². The Morgan fingerprint density at radius 1 is 1.12 bits per heavy atom. The number of benzene rings is 1. The molecule has 0 atom stereocenters. The van der Waals surface area contributed by atoms with Crippen LogP contribution in [0.25, 0.3) is 0 Å². The number of nitrogens with one attached hydrogen (secondary N) is 3. The molecule has 2 heterocycles. The van der Waals surface area contributed by atoms with Crippen molar-refractivity contribution in [1.29, 1.82) is 0 Å². The zero-order valence-electron chi connectivity index (χ0n) is 12.9. The van der Waals surface area contributed by atoms with Gasteiger partial charge in [-0.15, -0.1) is 0 Å². The largest absolute Gasteiger partial charge is 0.321 e. The lowest BCUT2D eigenvalue weighted by Gasteiger charge is -2.07. The molecule has 0 radical (unpaired) electrons. The van der Waals surface area contributed by atoms with E-state index in [1.807, 2.05) is 0 Å². The molecule has 8 nitrogen and oxygen atoms in total. The number of nitrogens with zero attached hydrogens (tertiary/aromatic N) is 3. The van der Waals surface area contributed by atoms with Crippen molar-refractivity contribution in [1.82, 2.24) is 20.0 Å². The van der Waals surface area contributed by atoms with Gasteiger partial charge in [0.1, 0.15) is 4.60 Å². The minimum absolute atomic E-state index is 0.217. The average Bonchev–Trinajstić information content (AvgIpc) is 3.14. The molecular formula is C15H12Br2N6O2. The second kappa shape index (κ2) is 7.19. The van der Waals surface area contributed by atoms with Gasteiger partial charge in [-0.25, -0.2) is 0 Å². The van der Waals surface area contributed by atoms with Gasteiger partial charge in [0.25, 0.3) is 11.8 Å². The van der Waals surface area contributed by atoms with Crippen molar-refractivity contribution >= 4 is 55.0 Å². The number of aromatic amines is 1. The minimum Gasteiger partial charge on any atom is -0.321 e. The molecule has 0 aliphatic carbocycles. The van der Waals surface area contributed by atoms with Gasteiger partial charge < -0.3 is 10.6 Å². The summed E-state index contributed by atoms with van der Waals surface area (Å²) in [5.41, 5.74) is 1.59. The maximum atomic E-state index is 12.3. The van der Waals surface area contributed by atoms with Crippen LogP contribution in [0.3, 0.4) is 0 Å². The third-order valence-corrected chi connectivity index (χ3v) is 5.08. The molecule has 128 valence electrons. The van der Waals surface area contributed by atoms with Crippen molar-refractivity contribution < 1.29 is 9.59 Å². The third kappa shape index (κ3) is 3.97. The van der Waals surface area contributed by atoms with Crippen molar-refractivity contribution in [3.63, 3.8) is 0 Å². The van der Waals surface area contributed by atoms with Crippen molar-refractivity contribution in [3.8, 4) is 0 Å². The SMILES string of the molecule is Cn1ccc(C(=O)Nc2cccc(NC(=O)c3n[nH]c(Br)c3Br)c2)n1. The van der Waals surface area contributed by atoms with Crippen LogP contribution in [0, 0.1) is 0 Å². The number of hydrogen-bond acceptors (Lipinski definition) is 4. The molecule has 0 aliphatic rings. The zero-order valence-corrected chi connectivity index (χ0v) is 16.1. The summed E-state index contributed by atoms with van der Waals surface area (Å²) in [4.78, 5) is 24.4. The molecule has 2 aromatic heterocycles. The summed E-state index contributed by atoms with van der Waals surface area (Å²) in [5.74, 6) is -0.718. The van der Waals surface area contributed by atoms with Crippen LogP contribution in [0.1, 0.15) is 21.0 Å². The summed E-state index contributed by atoms with van der Waals surface area (Å²) in [6.07, 6.45) is 1.69. The number of anilines is 2. The fourth-order valence-corrected chi connectivity index (χ4v) is 2.69. The third-order valence-electron chi connectivity index (χ3n) is 3.21. The lowest BCUT2D eigenvalue weighted by molar-refractivity contribution is 0.101. The van der Waals surface area contributed by atoms with Gasteiger partial charge in [-0.2, -0.15) is 10.2 Å². The van der Waals surface area contributed by atoms with Crippen LogP contribution in [-0.2, 0) is 7.05 Å². The summed E-state index contributed by atoms with van der Waals surface area (Å²) < 4.78 is 2.66. The van der Waals surface area contributed by atoms with Crippen LogP contribution in [0.15, 0.2) is 45.6 Å². The molecule has 3 N–H and O–H groups in total. The Morgan fingerprint density at radius 2 is 1.80 bits per heavy atom. The second-order valence-electron chi connectivity index (χ2n) is 5.06. The number of halogens is 2. The van der Waals surface area contributed by atoms with E-state index in [4.69, 9.17) is 0 Å². The van der Waals surface area contributed by atoms with E-state index in [0.717, 1.165) is 0 Å². The van der Waals surface area contributed by atoms with Crippen molar-refractivity contribution in [2.45, 2.75) is 0 Å². The summed E-state index contributed by atoms with van der Waals surface area (Å²) in [5, 5.41) is 16.1. The number of H-pyrrole nitrogens is 1. The van der Waals surface area contributed by atoms with Crippen LogP contribution < -0.4 is 10.6 Å². The van der Waals surface area contributed by atoms with Crippen LogP contribution in [0.5, 0.6) is 0 Å². The van der Waals surface area contributed by atoms with Gasteiger partial charge in [-0.05, 0) is 56.1 Å². The number of carbonyl (C=O) groups is 2. The lowest BCUT2D eigenvalue weighted by atomic mass is 10.2. The highest BCUT2D eigenvalue weighted by atomic mass is 79.9. The Balaban J connectivity index is 1.72. The van der Waals surface area contributed by atoms with E-state index in [1.165, 1.54) is 0 Å². The molecule has 25 heavy (non-hydrogen) atoms. The summed E-state index contributed by atoms with van der Waals surface area (Å²) in [6, 6.07) is 8.42. The summed E-state index contributed by atoms with van der Waals surface area (Å²) in [6.45, 7) is 0. The van der Waals surface area contributed by atoms with Crippen molar-refractivity contribution in [2.24, 2.45) is 7.05 Å². The Hall–Kier alpha value is -2.46. The van der Waals surface area contributed by atoms with E-state index in [1.54, 1.807) is 48.3 Å². The molecule has 0 fully saturated rings. The van der Waals surface area contributed by atoms with E-state index in [2.05, 4.69) is 57.8 Å². The van der Waals surface area contributed by atoms with Gasteiger partial charge in [-0.3, -0.25) is 19.4 Å². The van der Waals surface area contributed by atoms with Crippen molar-refractivity contribution in [2.75, 3.05) is 10.6 Å². The topological polar surface area (TPSA) is 105 Å². The van der Waals surface area contributed by atoms with Crippen LogP contribution in [0.2, 0.25) is 0 Å². The van der Waals surface area contributed by atoms with Crippen LogP contribution in [-0.4, -0.2) is 31.8 Å². The molecule has 0 unspecified atom stereocenters. The van der Waals surface area contributed by atoms with Crippen molar-refractivity contribution in [3.05, 3.63) is 57.0 Å². The van der Waals surface area contributed by atoms with Gasteiger partial charge in [-0.1, -0.05) is 6.07 Å². The quantitative estimate of drug-likeness (QED) is 0.548. The molecule has 0 spiro atoms. The van der Waals surface area contributed by atoms with Gasteiger partial charge >= 0.3 is 0 Å². The highest BCUT2D eigenvalue weighted by Gasteiger charge is 2.17. The number of amides is 2. The van der Waals surface area contributed by atoms with Gasteiger partial charge in [0.15, 0.2) is 11.4 Å². The average molecular weight is 468 g/mol. The fourth-order valence-electron chi connectivity index (χ4n) is 2.05. The van der Waals surface area contributed by atoms with E-state index in [0.29, 0.717) is 26.1 Å². The smallest absolute Gasteiger partial charge is 0.277 e. The molecule has 0 bridgehead atoms. The predicted molar refractivity (Wildman–Crippen MR) is 99.5 cm³/mol. The summed E-state index contributed by atoms with van der Waals surface area (Å²) in [7, 11) is 1.73. The Bertz CT molecular complexity index is 949. The normalized spacial score (nSPS) is 10.5. The minimum atomic E-state index is -0.387. The number of rotatable bonds is 4. The molecule has 0 saturated heterocycles. The molecular weight excluding hydrogens is 456 g/mol. The highest BCUT2D eigenvalue weighted by Crippen LogP contribution is 2.25. The first-order chi connectivity index (χ1) is 11.9. The number of aryl methyl sites for hydroxylation is 1. The maximum Gasteiger partial charge on any atom is 0.277 e. The van der Waals surface area contributed by atoms with E-state index < -0.39 is 0 Å². The molecule has 1 aromatic carbocycles.